The summed E-state index contributed by atoms with van der Waals surface area (Å²) in [5, 5.41) is 0.856. The molecule has 0 unspecified atom stereocenters. The Morgan fingerprint density at radius 1 is 0.620 bits per heavy atom. The Morgan fingerprint density at radius 2 is 0.940 bits per heavy atom. The number of aromatic amines is 2. The fourth-order valence-corrected chi connectivity index (χ4v) is 7.32. The monoisotopic (exact) mass is 720 g/mol. The van der Waals surface area contributed by atoms with E-state index >= 15 is 0 Å². The number of halogens is 2. The summed E-state index contributed by atoms with van der Waals surface area (Å²) in [7, 11) is 0. The number of imidazole rings is 2. The van der Waals surface area contributed by atoms with Gasteiger partial charge in [-0.3, -0.25) is 9.80 Å². The molecule has 0 bridgehead atoms. The van der Waals surface area contributed by atoms with Crippen LogP contribution in [0.3, 0.4) is 0 Å². The smallest absolute Gasteiger partial charge is 0.411 e. The first-order valence-electron chi connectivity index (χ1n) is 17.2. The van der Waals surface area contributed by atoms with Gasteiger partial charge in [0, 0.05) is 23.2 Å². The summed E-state index contributed by atoms with van der Waals surface area (Å²) in [6.07, 6.45) is 2.55. The summed E-state index contributed by atoms with van der Waals surface area (Å²) < 4.78 is 11.4. The summed E-state index contributed by atoms with van der Waals surface area (Å²) in [5.74, 6) is 1.31. The second-order valence-corrected chi connectivity index (χ2v) is 16.1. The molecule has 2 aliphatic rings. The van der Waals surface area contributed by atoms with Crippen molar-refractivity contribution in [3.63, 3.8) is 0 Å². The molecule has 2 aromatic heterocycles. The molecule has 2 saturated heterocycles. The summed E-state index contributed by atoms with van der Waals surface area (Å²) in [6.45, 7) is 15.3. The molecule has 0 radical (unpaired) electrons. The normalized spacial score (nSPS) is 21.2. The molecule has 2 amide bonds. The van der Waals surface area contributed by atoms with Gasteiger partial charge >= 0.3 is 12.2 Å². The zero-order chi connectivity index (χ0) is 36.1. The van der Waals surface area contributed by atoms with E-state index in [1.807, 2.05) is 104 Å². The molecule has 2 fully saturated rings. The first-order chi connectivity index (χ1) is 23.5. The van der Waals surface area contributed by atoms with E-state index < -0.39 is 11.2 Å². The number of likely N-dealkylation sites (tertiary alicyclic amines) is 2. The number of rotatable bonds is 5. The number of aromatic nitrogens is 4. The number of nitrogens with zero attached hydrogens (tertiary/aromatic N) is 4. The second kappa shape index (κ2) is 13.6. The average molecular weight is 722 g/mol. The van der Waals surface area contributed by atoms with Gasteiger partial charge in [0.25, 0.3) is 0 Å². The van der Waals surface area contributed by atoms with Crippen molar-refractivity contribution in [3.8, 4) is 33.6 Å². The molecule has 2 N–H and O–H groups in total. The Labute approximate surface area is 303 Å². The van der Waals surface area contributed by atoms with Crippen LogP contribution in [0.5, 0.6) is 0 Å². The van der Waals surface area contributed by atoms with Gasteiger partial charge in [-0.2, -0.15) is 0 Å². The van der Waals surface area contributed by atoms with Gasteiger partial charge in [0.1, 0.15) is 44.5 Å². The average Bonchev–Trinajstić information content (AvgIpc) is 3.80. The van der Waals surface area contributed by atoms with E-state index in [2.05, 4.69) is 9.97 Å². The van der Waals surface area contributed by atoms with Crippen LogP contribution in [-0.4, -0.2) is 65.2 Å². The van der Waals surface area contributed by atoms with Gasteiger partial charge in [-0.05, 0) is 92.2 Å². The molecule has 10 nitrogen and oxygen atoms in total. The second-order valence-electron chi connectivity index (χ2n) is 15.4. The van der Waals surface area contributed by atoms with Crippen LogP contribution in [0, 0.1) is 0 Å². The highest BCUT2D eigenvalue weighted by Crippen LogP contribution is 2.40. The van der Waals surface area contributed by atoms with Crippen LogP contribution in [0.15, 0.2) is 48.5 Å². The molecule has 2 aromatic carbocycles. The van der Waals surface area contributed by atoms with Crippen LogP contribution in [0.1, 0.15) is 105 Å². The topological polar surface area (TPSA) is 116 Å². The van der Waals surface area contributed by atoms with Crippen LogP contribution in [0.4, 0.5) is 9.59 Å². The lowest BCUT2D eigenvalue weighted by atomic mass is 10.0. The van der Waals surface area contributed by atoms with E-state index in [1.165, 1.54) is 0 Å². The lowest BCUT2D eigenvalue weighted by Crippen LogP contribution is -2.40. The van der Waals surface area contributed by atoms with Gasteiger partial charge in [-0.25, -0.2) is 19.6 Å². The highest BCUT2D eigenvalue weighted by Gasteiger charge is 2.41. The minimum absolute atomic E-state index is 0.0320. The molecule has 4 atom stereocenters. The Hall–Kier alpha value is -4.02. The van der Waals surface area contributed by atoms with E-state index in [1.54, 1.807) is 9.80 Å². The zero-order valence-electron chi connectivity index (χ0n) is 29.9. The minimum atomic E-state index is -0.589. The van der Waals surface area contributed by atoms with E-state index in [-0.39, 0.29) is 36.4 Å². The fourth-order valence-electron chi connectivity index (χ4n) is 6.83. The third-order valence-corrected chi connectivity index (χ3v) is 9.73. The largest absolute Gasteiger partial charge is 0.444 e. The molecule has 50 heavy (non-hydrogen) atoms. The van der Waals surface area contributed by atoms with Crippen molar-refractivity contribution < 1.29 is 19.1 Å². The summed E-state index contributed by atoms with van der Waals surface area (Å²) in [6, 6.07) is 15.7. The van der Waals surface area contributed by atoms with Crippen molar-refractivity contribution in [2.24, 2.45) is 0 Å². The highest BCUT2D eigenvalue weighted by atomic mass is 35.5. The lowest BCUT2D eigenvalue weighted by molar-refractivity contribution is 0.0141. The molecule has 0 spiro atoms. The van der Waals surface area contributed by atoms with Crippen molar-refractivity contribution in [2.75, 3.05) is 0 Å². The summed E-state index contributed by atoms with van der Waals surface area (Å²) in [4.78, 5) is 45.8. The maximum atomic E-state index is 13.0. The summed E-state index contributed by atoms with van der Waals surface area (Å²) in [5.41, 5.74) is 3.87. The third-order valence-electron chi connectivity index (χ3n) is 9.18. The van der Waals surface area contributed by atoms with Gasteiger partial charge in [0.2, 0.25) is 0 Å². The van der Waals surface area contributed by atoms with Crippen molar-refractivity contribution in [1.82, 2.24) is 29.7 Å². The van der Waals surface area contributed by atoms with Gasteiger partial charge in [-0.15, -0.1) is 0 Å². The predicted octanol–water partition coefficient (Wildman–Crippen LogP) is 10.4. The number of hydrogen-bond acceptors (Lipinski definition) is 6. The molecule has 2 aliphatic heterocycles. The van der Waals surface area contributed by atoms with E-state index in [0.717, 1.165) is 47.9 Å². The van der Waals surface area contributed by atoms with Gasteiger partial charge in [-0.1, -0.05) is 71.7 Å². The number of hydrogen-bond donors (Lipinski definition) is 2. The Morgan fingerprint density at radius 3 is 1.26 bits per heavy atom. The van der Waals surface area contributed by atoms with Crippen LogP contribution in [0.2, 0.25) is 10.3 Å². The predicted molar refractivity (Wildman–Crippen MR) is 196 cm³/mol. The highest BCUT2D eigenvalue weighted by molar-refractivity contribution is 6.32. The van der Waals surface area contributed by atoms with Crippen LogP contribution in [-0.2, 0) is 9.47 Å². The molecule has 0 aliphatic carbocycles. The van der Waals surface area contributed by atoms with Crippen LogP contribution >= 0.6 is 23.2 Å². The third kappa shape index (κ3) is 7.51. The quantitative estimate of drug-likeness (QED) is 0.212. The van der Waals surface area contributed by atoms with Gasteiger partial charge < -0.3 is 19.4 Å². The fraction of sp³-hybridized carbons (Fsp3) is 0.474. The number of amides is 2. The van der Waals surface area contributed by atoms with E-state index in [0.29, 0.717) is 33.3 Å². The van der Waals surface area contributed by atoms with Crippen molar-refractivity contribution >= 4 is 35.4 Å². The minimum Gasteiger partial charge on any atom is -0.444 e. The first kappa shape index (κ1) is 35.8. The van der Waals surface area contributed by atoms with Crippen LogP contribution in [0.25, 0.3) is 33.6 Å². The molecular formula is C38H46Cl2N6O4. The Bertz CT molecular complexity index is 1720. The standard InChI is InChI=1S/C38H46Cl2N6O4/c1-21-9-19-27(45(21)35(47)49-37(3,4)5)33-41-29(31(39)43-33)25-15-11-23(12-16-25)24-13-17-26(18-14-24)30-32(40)44-34(42-30)28-20-10-22(2)46(28)36(48)50-38(6,7)8/h11-18,21-22,27-28H,9-10,19-20H2,1-8H3,(H,41,43)(H,42,44)/t21-,22-,27-,28-/m0/s1. The maximum absolute atomic E-state index is 13.0. The number of carbonyl (C=O) groups is 2. The zero-order valence-corrected chi connectivity index (χ0v) is 31.4. The lowest BCUT2D eigenvalue weighted by Gasteiger charge is -2.30. The molecular weight excluding hydrogens is 675 g/mol. The van der Waals surface area contributed by atoms with Crippen molar-refractivity contribution in [1.29, 1.82) is 0 Å². The number of nitrogens with one attached hydrogen (secondary N) is 2. The number of ether oxygens (including phenoxy) is 2. The van der Waals surface area contributed by atoms with Gasteiger partial charge in [0.05, 0.1) is 12.1 Å². The number of benzene rings is 2. The van der Waals surface area contributed by atoms with E-state index in [9.17, 15) is 9.59 Å². The Balaban J connectivity index is 1.17. The molecule has 4 aromatic rings. The van der Waals surface area contributed by atoms with E-state index in [4.69, 9.17) is 42.6 Å². The molecule has 0 saturated carbocycles. The van der Waals surface area contributed by atoms with Crippen LogP contribution < -0.4 is 0 Å². The Kier molecular flexibility index (Phi) is 9.74. The van der Waals surface area contributed by atoms with Crippen molar-refractivity contribution in [3.05, 3.63) is 70.5 Å². The molecule has 12 heteroatoms. The summed E-state index contributed by atoms with van der Waals surface area (Å²) >= 11 is 13.3. The molecule has 4 heterocycles. The molecule has 6 rings (SSSR count). The van der Waals surface area contributed by atoms with Crippen molar-refractivity contribution in [2.45, 2.75) is 116 Å². The first-order valence-corrected chi connectivity index (χ1v) is 18.0. The number of carbonyl (C=O) groups excluding carboxylic acids is 2. The maximum Gasteiger partial charge on any atom is 0.411 e. The number of H-pyrrole nitrogens is 2. The molecule has 266 valence electrons. The van der Waals surface area contributed by atoms with Gasteiger partial charge in [0.15, 0.2) is 0 Å². The SMILES string of the molecule is C[C@H]1CC[C@@H](c2nc(-c3ccc(-c4ccc(-c5nc([C@@H]6CC[C@H](C)N6C(=O)OC(C)(C)C)[nH]c5Cl)cc4)cc3)c(Cl)[nH]2)N1C(=O)OC(C)(C)C.